The first-order valence-electron chi connectivity index (χ1n) is 5.35. The number of carboxylic acids is 1. The van der Waals surface area contributed by atoms with Gasteiger partial charge in [-0.3, -0.25) is 9.59 Å². The molecule has 6 nitrogen and oxygen atoms in total. The maximum atomic E-state index is 12.1. The quantitative estimate of drug-likeness (QED) is 0.719. The number of carboxylic acid groups (broad SMARTS) is 1. The summed E-state index contributed by atoms with van der Waals surface area (Å²) in [6.45, 7) is 0.394. The Balaban J connectivity index is 2.05. The summed E-state index contributed by atoms with van der Waals surface area (Å²) in [5, 5.41) is 8.99. The van der Waals surface area contributed by atoms with Crippen LogP contribution in [0.5, 0.6) is 0 Å². The maximum absolute atomic E-state index is 12.1. The van der Waals surface area contributed by atoms with E-state index in [1.54, 1.807) is 7.05 Å². The summed E-state index contributed by atoms with van der Waals surface area (Å²) >= 11 is 1.43. The Bertz CT molecular complexity index is 373. The van der Waals surface area contributed by atoms with E-state index in [1.807, 2.05) is 0 Å². The van der Waals surface area contributed by atoms with Crippen molar-refractivity contribution in [1.29, 1.82) is 0 Å². The molecule has 7 heteroatoms. The number of likely N-dealkylation sites (tertiary alicyclic amines) is 1. The summed E-state index contributed by atoms with van der Waals surface area (Å²) in [5.74, 6) is -0.779. The Kier molecular flexibility index (Phi) is 3.28. The first-order chi connectivity index (χ1) is 8.00. The van der Waals surface area contributed by atoms with Crippen LogP contribution in [0.1, 0.15) is 6.42 Å². The van der Waals surface area contributed by atoms with Crippen molar-refractivity contribution >= 4 is 29.5 Å². The molecule has 0 aromatic carbocycles. The molecule has 0 radical (unpaired) electrons. The molecule has 2 atom stereocenters. The van der Waals surface area contributed by atoms with Gasteiger partial charge in [0.2, 0.25) is 11.8 Å². The molecule has 0 aliphatic carbocycles. The van der Waals surface area contributed by atoms with Gasteiger partial charge in [0.05, 0.1) is 11.8 Å². The summed E-state index contributed by atoms with van der Waals surface area (Å²) in [6, 6.07) is -0.742. The van der Waals surface area contributed by atoms with Crippen molar-refractivity contribution in [2.75, 3.05) is 25.2 Å². The highest BCUT2D eigenvalue weighted by atomic mass is 32.2. The molecule has 2 rings (SSSR count). The number of hydrogen-bond acceptors (Lipinski definition) is 4. The Hall–Kier alpha value is -1.24. The zero-order chi connectivity index (χ0) is 12.6. The first kappa shape index (κ1) is 12.2. The van der Waals surface area contributed by atoms with Crippen LogP contribution in [0.2, 0.25) is 0 Å². The minimum Gasteiger partial charge on any atom is -0.480 e. The molecule has 0 spiro atoms. The van der Waals surface area contributed by atoms with Gasteiger partial charge in [0.25, 0.3) is 0 Å². The predicted octanol–water partition coefficient (Wildman–Crippen LogP) is -0.549. The molecule has 2 aliphatic heterocycles. The third-order valence-electron chi connectivity index (χ3n) is 3.14. The second-order valence-corrected chi connectivity index (χ2v) is 5.34. The van der Waals surface area contributed by atoms with E-state index in [-0.39, 0.29) is 24.2 Å². The van der Waals surface area contributed by atoms with Gasteiger partial charge in [-0.2, -0.15) is 0 Å². The van der Waals surface area contributed by atoms with E-state index in [1.165, 1.54) is 21.6 Å². The Morgan fingerprint density at radius 3 is 2.71 bits per heavy atom. The Morgan fingerprint density at radius 2 is 2.18 bits per heavy atom. The summed E-state index contributed by atoms with van der Waals surface area (Å²) < 4.78 is 0. The molecule has 2 heterocycles. The molecule has 0 saturated carbocycles. The van der Waals surface area contributed by atoms with Crippen LogP contribution in [0.3, 0.4) is 0 Å². The lowest BCUT2D eigenvalue weighted by molar-refractivity contribution is -0.149. The van der Waals surface area contributed by atoms with E-state index in [0.29, 0.717) is 18.2 Å². The second-order valence-electron chi connectivity index (χ2n) is 4.34. The maximum Gasteiger partial charge on any atom is 0.327 e. The van der Waals surface area contributed by atoms with E-state index < -0.39 is 12.0 Å². The van der Waals surface area contributed by atoms with Crippen LogP contribution in [0.15, 0.2) is 0 Å². The fourth-order valence-corrected chi connectivity index (χ4v) is 3.28. The zero-order valence-electron chi connectivity index (χ0n) is 9.46. The molecule has 0 aromatic heterocycles. The fraction of sp³-hybridized carbons (Fsp3) is 0.700. The third kappa shape index (κ3) is 2.24. The van der Waals surface area contributed by atoms with Crippen molar-refractivity contribution in [3.05, 3.63) is 0 Å². The largest absolute Gasteiger partial charge is 0.480 e. The van der Waals surface area contributed by atoms with E-state index in [4.69, 9.17) is 5.11 Å². The van der Waals surface area contributed by atoms with Crippen LogP contribution in [0.25, 0.3) is 0 Å². The summed E-state index contributed by atoms with van der Waals surface area (Å²) in [5.41, 5.74) is 0. The third-order valence-corrected chi connectivity index (χ3v) is 4.15. The van der Waals surface area contributed by atoms with E-state index in [0.717, 1.165) is 0 Å². The number of nitrogens with zero attached hydrogens (tertiary/aromatic N) is 2. The molecular weight excluding hydrogens is 244 g/mol. The lowest BCUT2D eigenvalue weighted by Crippen LogP contribution is -2.45. The van der Waals surface area contributed by atoms with Crippen LogP contribution in [-0.2, 0) is 14.4 Å². The Morgan fingerprint density at radius 1 is 1.47 bits per heavy atom. The van der Waals surface area contributed by atoms with Crippen LogP contribution >= 0.6 is 11.8 Å². The van der Waals surface area contributed by atoms with Crippen LogP contribution < -0.4 is 0 Å². The highest BCUT2D eigenvalue weighted by Gasteiger charge is 2.41. The van der Waals surface area contributed by atoms with Crippen molar-refractivity contribution < 1.29 is 19.5 Å². The highest BCUT2D eigenvalue weighted by Crippen LogP contribution is 2.26. The Labute approximate surface area is 103 Å². The minimum absolute atomic E-state index is 0.0536. The minimum atomic E-state index is -0.971. The molecule has 2 aliphatic rings. The second kappa shape index (κ2) is 4.56. The van der Waals surface area contributed by atoms with Gasteiger partial charge in [-0.15, -0.1) is 11.8 Å². The van der Waals surface area contributed by atoms with Crippen molar-refractivity contribution in [1.82, 2.24) is 9.80 Å². The summed E-state index contributed by atoms with van der Waals surface area (Å²) in [7, 11) is 1.66. The van der Waals surface area contributed by atoms with E-state index >= 15 is 0 Å². The fourth-order valence-electron chi connectivity index (χ4n) is 2.13. The molecule has 2 fully saturated rings. The number of hydrogen-bond donors (Lipinski definition) is 1. The molecule has 0 aromatic rings. The lowest BCUT2D eigenvalue weighted by Gasteiger charge is -2.23. The highest BCUT2D eigenvalue weighted by molar-refractivity contribution is 7.99. The average molecular weight is 258 g/mol. The van der Waals surface area contributed by atoms with Gasteiger partial charge in [0.15, 0.2) is 0 Å². The van der Waals surface area contributed by atoms with Gasteiger partial charge >= 0.3 is 5.97 Å². The normalized spacial score (nSPS) is 28.9. The number of aliphatic carboxylic acids is 1. The molecule has 94 valence electrons. The molecule has 0 bridgehead atoms. The van der Waals surface area contributed by atoms with Crippen molar-refractivity contribution in [2.24, 2.45) is 5.92 Å². The first-order valence-corrected chi connectivity index (χ1v) is 6.51. The van der Waals surface area contributed by atoms with Gasteiger partial charge in [-0.1, -0.05) is 0 Å². The van der Waals surface area contributed by atoms with Crippen LogP contribution in [0.4, 0.5) is 0 Å². The molecule has 2 amide bonds. The van der Waals surface area contributed by atoms with Crippen molar-refractivity contribution in [3.8, 4) is 0 Å². The van der Waals surface area contributed by atoms with Gasteiger partial charge in [0, 0.05) is 25.8 Å². The molecule has 17 heavy (non-hydrogen) atoms. The van der Waals surface area contributed by atoms with Gasteiger partial charge in [0.1, 0.15) is 6.04 Å². The number of amides is 2. The number of carbonyl (C=O) groups excluding carboxylic acids is 2. The van der Waals surface area contributed by atoms with Crippen LogP contribution in [0, 0.1) is 5.92 Å². The predicted molar refractivity (Wildman–Crippen MR) is 61.3 cm³/mol. The average Bonchev–Trinajstić information content (AvgIpc) is 2.85. The van der Waals surface area contributed by atoms with Crippen molar-refractivity contribution in [2.45, 2.75) is 12.5 Å². The SMILES string of the molecule is CN1CC(C(=O)N2CSC[C@H]2C(=O)O)CC1=O. The topological polar surface area (TPSA) is 77.9 Å². The van der Waals surface area contributed by atoms with Crippen LogP contribution in [-0.4, -0.2) is 64.0 Å². The lowest BCUT2D eigenvalue weighted by atomic mass is 10.1. The monoisotopic (exact) mass is 258 g/mol. The number of thioether (sulfide) groups is 1. The standard InChI is InChI=1S/C10H14N2O4S/c1-11-3-6(2-8(11)13)9(14)12-5-17-4-7(12)10(15)16/h6-7H,2-5H2,1H3,(H,15,16)/t6?,7-/m0/s1. The van der Waals surface area contributed by atoms with E-state index in [2.05, 4.69) is 0 Å². The summed E-state index contributed by atoms with van der Waals surface area (Å²) in [6.07, 6.45) is 0.197. The van der Waals surface area contributed by atoms with E-state index in [9.17, 15) is 14.4 Å². The number of carbonyl (C=O) groups is 3. The molecule has 2 saturated heterocycles. The number of rotatable bonds is 2. The molecule has 1 unspecified atom stereocenters. The van der Waals surface area contributed by atoms with Gasteiger partial charge in [-0.25, -0.2) is 4.79 Å². The molecular formula is C10H14N2O4S. The smallest absolute Gasteiger partial charge is 0.327 e. The van der Waals surface area contributed by atoms with Crippen molar-refractivity contribution in [3.63, 3.8) is 0 Å². The van der Waals surface area contributed by atoms with Gasteiger partial charge in [-0.05, 0) is 0 Å². The molecule has 1 N–H and O–H groups in total. The zero-order valence-corrected chi connectivity index (χ0v) is 10.3. The summed E-state index contributed by atoms with van der Waals surface area (Å²) in [4.78, 5) is 37.3. The van der Waals surface area contributed by atoms with Gasteiger partial charge < -0.3 is 14.9 Å².